The normalized spacial score (nSPS) is 20.7. The summed E-state index contributed by atoms with van der Waals surface area (Å²) in [5, 5.41) is 5.57. The summed E-state index contributed by atoms with van der Waals surface area (Å²) in [5.41, 5.74) is 6.45. The van der Waals surface area contributed by atoms with Crippen molar-refractivity contribution in [3.63, 3.8) is 0 Å². The molecule has 3 unspecified atom stereocenters. The molecule has 152 valence electrons. The number of benzene rings is 2. The van der Waals surface area contributed by atoms with Gasteiger partial charge in [-0.2, -0.15) is 0 Å². The van der Waals surface area contributed by atoms with E-state index in [0.717, 1.165) is 35.3 Å². The number of rotatable bonds is 3. The van der Waals surface area contributed by atoms with Gasteiger partial charge in [-0.3, -0.25) is 9.78 Å². The van der Waals surface area contributed by atoms with E-state index < -0.39 is 11.0 Å². The van der Waals surface area contributed by atoms with Gasteiger partial charge < -0.3 is 4.90 Å². The number of carbonyl (C=O) groups is 1. The fourth-order valence-electron chi connectivity index (χ4n) is 4.68. The average molecular weight is 418 g/mol. The van der Waals surface area contributed by atoms with Crippen LogP contribution in [0.1, 0.15) is 29.5 Å². The second-order valence-electron chi connectivity index (χ2n) is 8.17. The summed E-state index contributed by atoms with van der Waals surface area (Å²) >= 11 is 0. The minimum atomic E-state index is -1.56. The van der Waals surface area contributed by atoms with Crippen molar-refractivity contribution in [2.45, 2.75) is 30.6 Å². The van der Waals surface area contributed by atoms with Gasteiger partial charge in [0.05, 0.1) is 10.6 Å². The van der Waals surface area contributed by atoms with Crippen LogP contribution < -0.4 is 10.0 Å². The zero-order valence-electron chi connectivity index (χ0n) is 16.7. The van der Waals surface area contributed by atoms with Crippen LogP contribution in [0.25, 0.3) is 11.3 Å². The van der Waals surface area contributed by atoms with Crippen molar-refractivity contribution in [3.8, 4) is 11.3 Å². The Labute approximate surface area is 178 Å². The first-order chi connectivity index (χ1) is 14.5. The molecule has 2 aliphatic rings. The Kier molecular flexibility index (Phi) is 4.76. The third-order valence-corrected chi connectivity index (χ3v) is 6.95. The number of fused-ring (bicyclic) bond motifs is 2. The van der Waals surface area contributed by atoms with Crippen molar-refractivity contribution < 1.29 is 9.00 Å². The minimum Gasteiger partial charge on any atom is -0.311 e. The SMILES string of the molecule is CC1CN(C(=O)C2Cc3ccc(-c4ccccn4)cc3C2)c2cc(S(N)=O)ccc21. The monoisotopic (exact) mass is 417 g/mol. The van der Waals surface area contributed by atoms with E-state index >= 15 is 0 Å². The van der Waals surface area contributed by atoms with Crippen molar-refractivity contribution in [2.24, 2.45) is 11.1 Å². The molecule has 5 nitrogen and oxygen atoms in total. The van der Waals surface area contributed by atoms with E-state index in [1.165, 1.54) is 11.1 Å². The highest BCUT2D eigenvalue weighted by molar-refractivity contribution is 7.82. The summed E-state index contributed by atoms with van der Waals surface area (Å²) in [6, 6.07) is 17.8. The summed E-state index contributed by atoms with van der Waals surface area (Å²) < 4.78 is 11.7. The molecule has 0 fully saturated rings. The molecule has 1 aliphatic carbocycles. The number of amides is 1. The van der Waals surface area contributed by atoms with Crippen LogP contribution in [0.5, 0.6) is 0 Å². The van der Waals surface area contributed by atoms with Crippen LogP contribution >= 0.6 is 0 Å². The van der Waals surface area contributed by atoms with E-state index in [1.54, 1.807) is 12.3 Å². The van der Waals surface area contributed by atoms with E-state index in [1.807, 2.05) is 35.2 Å². The Balaban J connectivity index is 1.40. The first-order valence-corrected chi connectivity index (χ1v) is 11.4. The number of nitrogens with two attached hydrogens (primary N) is 1. The topological polar surface area (TPSA) is 76.3 Å². The molecule has 0 saturated heterocycles. The Morgan fingerprint density at radius 2 is 1.93 bits per heavy atom. The number of carbonyl (C=O) groups excluding carboxylic acids is 1. The zero-order chi connectivity index (χ0) is 20.8. The third kappa shape index (κ3) is 3.26. The first-order valence-electron chi connectivity index (χ1n) is 10.2. The van der Waals surface area contributed by atoms with Crippen molar-refractivity contribution >= 4 is 22.6 Å². The van der Waals surface area contributed by atoms with Crippen LogP contribution in [0.4, 0.5) is 5.69 Å². The van der Waals surface area contributed by atoms with Crippen LogP contribution in [0.2, 0.25) is 0 Å². The highest BCUT2D eigenvalue weighted by Crippen LogP contribution is 2.40. The van der Waals surface area contributed by atoms with Crippen molar-refractivity contribution in [1.82, 2.24) is 4.98 Å². The smallest absolute Gasteiger partial charge is 0.230 e. The molecule has 1 aliphatic heterocycles. The molecule has 2 heterocycles. The molecule has 6 heteroatoms. The number of anilines is 1. The highest BCUT2D eigenvalue weighted by Gasteiger charge is 2.36. The molecule has 2 N–H and O–H groups in total. The van der Waals surface area contributed by atoms with E-state index in [9.17, 15) is 9.00 Å². The molecular weight excluding hydrogens is 394 g/mol. The van der Waals surface area contributed by atoms with Crippen LogP contribution in [0, 0.1) is 5.92 Å². The fraction of sp³-hybridized carbons (Fsp3) is 0.250. The van der Waals surface area contributed by atoms with Gasteiger partial charge in [0.1, 0.15) is 11.0 Å². The Morgan fingerprint density at radius 3 is 2.70 bits per heavy atom. The summed E-state index contributed by atoms with van der Waals surface area (Å²) in [6.45, 7) is 2.77. The predicted molar refractivity (Wildman–Crippen MR) is 118 cm³/mol. The van der Waals surface area contributed by atoms with Gasteiger partial charge in [0.25, 0.3) is 0 Å². The van der Waals surface area contributed by atoms with E-state index in [4.69, 9.17) is 5.14 Å². The van der Waals surface area contributed by atoms with Gasteiger partial charge in [-0.1, -0.05) is 31.2 Å². The Bertz CT molecular complexity index is 1160. The molecule has 5 rings (SSSR count). The van der Waals surface area contributed by atoms with Crippen LogP contribution in [0.3, 0.4) is 0 Å². The maximum absolute atomic E-state index is 13.5. The fourth-order valence-corrected chi connectivity index (χ4v) is 5.11. The lowest BCUT2D eigenvalue weighted by Gasteiger charge is -2.21. The first kappa shape index (κ1) is 19.2. The molecule has 0 bridgehead atoms. The molecular formula is C24H23N3O2S. The predicted octanol–water partition coefficient (Wildman–Crippen LogP) is 3.60. The van der Waals surface area contributed by atoms with Crippen LogP contribution in [-0.2, 0) is 28.6 Å². The van der Waals surface area contributed by atoms with Crippen molar-refractivity contribution in [3.05, 3.63) is 77.5 Å². The molecule has 2 aromatic carbocycles. The van der Waals surface area contributed by atoms with Gasteiger partial charge in [0.2, 0.25) is 5.91 Å². The number of hydrogen-bond donors (Lipinski definition) is 1. The number of pyridine rings is 1. The lowest BCUT2D eigenvalue weighted by molar-refractivity contribution is -0.122. The zero-order valence-corrected chi connectivity index (χ0v) is 17.6. The van der Waals surface area contributed by atoms with Gasteiger partial charge in [-0.05, 0) is 59.9 Å². The lowest BCUT2D eigenvalue weighted by Crippen LogP contribution is -2.35. The Morgan fingerprint density at radius 1 is 1.10 bits per heavy atom. The minimum absolute atomic E-state index is 0.0795. The molecule has 0 spiro atoms. The summed E-state index contributed by atoms with van der Waals surface area (Å²) in [6.07, 6.45) is 3.28. The maximum Gasteiger partial charge on any atom is 0.230 e. The van der Waals surface area contributed by atoms with E-state index in [-0.39, 0.29) is 17.7 Å². The van der Waals surface area contributed by atoms with Crippen LogP contribution in [-0.4, -0.2) is 21.6 Å². The molecule has 1 aromatic heterocycles. The highest BCUT2D eigenvalue weighted by atomic mass is 32.2. The van der Waals surface area contributed by atoms with Gasteiger partial charge in [-0.25, -0.2) is 9.35 Å². The quantitative estimate of drug-likeness (QED) is 0.707. The number of hydrogen-bond acceptors (Lipinski definition) is 3. The van der Waals surface area contributed by atoms with Gasteiger partial charge >= 0.3 is 0 Å². The molecule has 3 atom stereocenters. The van der Waals surface area contributed by atoms with Gasteiger partial charge in [0.15, 0.2) is 0 Å². The van der Waals surface area contributed by atoms with Crippen LogP contribution in [0.15, 0.2) is 65.7 Å². The van der Waals surface area contributed by atoms with Gasteiger partial charge in [-0.15, -0.1) is 0 Å². The summed E-state index contributed by atoms with van der Waals surface area (Å²) in [5.74, 6) is 0.309. The average Bonchev–Trinajstić information content (AvgIpc) is 3.34. The number of nitrogens with zero attached hydrogens (tertiary/aromatic N) is 2. The third-order valence-electron chi connectivity index (χ3n) is 6.23. The number of aromatic nitrogens is 1. The second-order valence-corrected chi connectivity index (χ2v) is 9.24. The van der Waals surface area contributed by atoms with E-state index in [2.05, 4.69) is 30.1 Å². The summed E-state index contributed by atoms with van der Waals surface area (Å²) in [7, 11) is -1.56. The molecule has 1 amide bonds. The second kappa shape index (κ2) is 7.45. The van der Waals surface area contributed by atoms with Crippen molar-refractivity contribution in [2.75, 3.05) is 11.4 Å². The van der Waals surface area contributed by atoms with Gasteiger partial charge in [0, 0.05) is 35.8 Å². The maximum atomic E-state index is 13.5. The lowest BCUT2D eigenvalue weighted by atomic mass is 10.0. The molecule has 0 saturated carbocycles. The standard InChI is InChI=1S/C24H23N3O2S/c1-15-14-27(23-13-20(30(25)29)7-8-21(15)23)24(28)19-10-16-5-6-17(11-18(16)12-19)22-4-2-3-9-26-22/h2-9,11,13,15,19H,10,12,14,25H2,1H3. The van der Waals surface area contributed by atoms with E-state index in [0.29, 0.717) is 11.4 Å². The van der Waals surface area contributed by atoms with Crippen molar-refractivity contribution in [1.29, 1.82) is 0 Å². The largest absolute Gasteiger partial charge is 0.311 e. The Hall–Kier alpha value is -2.83. The summed E-state index contributed by atoms with van der Waals surface area (Å²) in [4.78, 5) is 20.3. The molecule has 30 heavy (non-hydrogen) atoms. The molecule has 3 aromatic rings. The molecule has 0 radical (unpaired) electrons.